The minimum absolute atomic E-state index is 0.0542. The first-order valence-corrected chi connectivity index (χ1v) is 7.31. The van der Waals surface area contributed by atoms with Crippen molar-refractivity contribution >= 4 is 21.8 Å². The van der Waals surface area contributed by atoms with Crippen LogP contribution < -0.4 is 10.5 Å². The number of ether oxygens (including phenoxy) is 1. The number of piperidine rings is 1. The lowest BCUT2D eigenvalue weighted by molar-refractivity contribution is 0.0623. The van der Waals surface area contributed by atoms with Gasteiger partial charge in [-0.05, 0) is 53.4 Å². The second kappa shape index (κ2) is 6.39. The molecule has 1 atom stereocenters. The maximum atomic E-state index is 12.5. The molecule has 1 saturated heterocycles. The summed E-state index contributed by atoms with van der Waals surface area (Å²) in [6.07, 6.45) is 3.21. The molecule has 104 valence electrons. The van der Waals surface area contributed by atoms with Crippen LogP contribution in [0.3, 0.4) is 0 Å². The third-order valence-corrected chi connectivity index (χ3v) is 4.18. The van der Waals surface area contributed by atoms with Gasteiger partial charge in [0.15, 0.2) is 0 Å². The minimum atomic E-state index is 0.0542. The molecule has 4 nitrogen and oxygen atoms in total. The summed E-state index contributed by atoms with van der Waals surface area (Å²) in [6, 6.07) is 5.58. The number of amides is 1. The number of rotatable bonds is 3. The van der Waals surface area contributed by atoms with Gasteiger partial charge in [-0.1, -0.05) is 0 Å². The van der Waals surface area contributed by atoms with Gasteiger partial charge in [-0.2, -0.15) is 0 Å². The number of carbonyl (C=O) groups excluding carboxylic acids is 1. The normalized spacial score (nSPS) is 19.3. The second-order valence-electron chi connectivity index (χ2n) is 4.73. The van der Waals surface area contributed by atoms with E-state index in [4.69, 9.17) is 10.5 Å². The average Bonchev–Trinajstić information content (AvgIpc) is 2.46. The first-order chi connectivity index (χ1) is 9.17. The Balaban J connectivity index is 2.20. The van der Waals surface area contributed by atoms with Crippen molar-refractivity contribution in [1.29, 1.82) is 0 Å². The van der Waals surface area contributed by atoms with Crippen LogP contribution in [0.25, 0.3) is 0 Å². The van der Waals surface area contributed by atoms with Gasteiger partial charge in [-0.3, -0.25) is 4.79 Å². The molecule has 1 aromatic carbocycles. The fourth-order valence-corrected chi connectivity index (χ4v) is 3.02. The molecule has 1 aliphatic rings. The van der Waals surface area contributed by atoms with Crippen LogP contribution in [0.15, 0.2) is 22.7 Å². The maximum absolute atomic E-state index is 12.5. The highest BCUT2D eigenvalue weighted by Gasteiger charge is 2.26. The second-order valence-corrected chi connectivity index (χ2v) is 5.59. The summed E-state index contributed by atoms with van der Waals surface area (Å²) in [5.41, 5.74) is 6.44. The van der Waals surface area contributed by atoms with Gasteiger partial charge in [-0.15, -0.1) is 0 Å². The van der Waals surface area contributed by atoms with Crippen molar-refractivity contribution in [2.75, 3.05) is 20.2 Å². The van der Waals surface area contributed by atoms with Crippen molar-refractivity contribution in [2.24, 2.45) is 5.73 Å². The molecule has 19 heavy (non-hydrogen) atoms. The molecule has 1 unspecified atom stereocenters. The van der Waals surface area contributed by atoms with E-state index in [9.17, 15) is 4.79 Å². The molecule has 0 saturated carbocycles. The van der Waals surface area contributed by atoms with E-state index in [0.717, 1.165) is 36.0 Å². The highest BCUT2D eigenvalue weighted by atomic mass is 79.9. The third-order valence-electron chi connectivity index (χ3n) is 3.56. The van der Waals surface area contributed by atoms with E-state index < -0.39 is 0 Å². The molecule has 0 radical (unpaired) electrons. The van der Waals surface area contributed by atoms with Gasteiger partial charge < -0.3 is 15.4 Å². The molecule has 0 aliphatic carbocycles. The predicted octanol–water partition coefficient (Wildman–Crippen LogP) is 2.41. The standard InChI is InChI=1S/C14H19BrN2O2/c1-19-13-6-5-10(8-12(13)15)14(18)17-7-3-2-4-11(17)9-16/h5-6,8,11H,2-4,7,9,16H2,1H3. The Bertz CT molecular complexity index is 465. The molecule has 0 aromatic heterocycles. The summed E-state index contributed by atoms with van der Waals surface area (Å²) in [5, 5.41) is 0. The van der Waals surface area contributed by atoms with Crippen LogP contribution >= 0.6 is 15.9 Å². The van der Waals surface area contributed by atoms with Crippen LogP contribution in [0.5, 0.6) is 5.75 Å². The van der Waals surface area contributed by atoms with Crippen molar-refractivity contribution in [3.05, 3.63) is 28.2 Å². The summed E-state index contributed by atoms with van der Waals surface area (Å²) < 4.78 is 5.97. The Kier molecular flexibility index (Phi) is 4.82. The number of hydrogen-bond donors (Lipinski definition) is 1. The van der Waals surface area contributed by atoms with Crippen LogP contribution in [-0.2, 0) is 0 Å². The molecule has 1 fully saturated rings. The first kappa shape index (κ1) is 14.3. The van der Waals surface area contributed by atoms with Gasteiger partial charge in [0.1, 0.15) is 5.75 Å². The summed E-state index contributed by atoms with van der Waals surface area (Å²) in [5.74, 6) is 0.782. The quantitative estimate of drug-likeness (QED) is 0.928. The number of hydrogen-bond acceptors (Lipinski definition) is 3. The molecule has 0 spiro atoms. The number of carbonyl (C=O) groups is 1. The van der Waals surface area contributed by atoms with E-state index in [1.54, 1.807) is 19.2 Å². The van der Waals surface area contributed by atoms with E-state index in [2.05, 4.69) is 15.9 Å². The van der Waals surface area contributed by atoms with Gasteiger partial charge >= 0.3 is 0 Å². The number of methoxy groups -OCH3 is 1. The van der Waals surface area contributed by atoms with Crippen LogP contribution in [0.1, 0.15) is 29.6 Å². The van der Waals surface area contributed by atoms with E-state index in [0.29, 0.717) is 12.1 Å². The van der Waals surface area contributed by atoms with E-state index >= 15 is 0 Å². The van der Waals surface area contributed by atoms with Gasteiger partial charge in [0, 0.05) is 24.7 Å². The molecule has 5 heteroatoms. The fourth-order valence-electron chi connectivity index (χ4n) is 2.48. The lowest BCUT2D eigenvalue weighted by atomic mass is 10.0. The van der Waals surface area contributed by atoms with Crippen molar-refractivity contribution in [2.45, 2.75) is 25.3 Å². The zero-order chi connectivity index (χ0) is 13.8. The minimum Gasteiger partial charge on any atom is -0.496 e. The first-order valence-electron chi connectivity index (χ1n) is 6.52. The number of benzene rings is 1. The van der Waals surface area contributed by atoms with Crippen molar-refractivity contribution < 1.29 is 9.53 Å². The van der Waals surface area contributed by atoms with Crippen molar-refractivity contribution in [3.8, 4) is 5.75 Å². The number of nitrogens with zero attached hydrogens (tertiary/aromatic N) is 1. The fraction of sp³-hybridized carbons (Fsp3) is 0.500. The van der Waals surface area contributed by atoms with Crippen LogP contribution in [0, 0.1) is 0 Å². The monoisotopic (exact) mass is 326 g/mol. The van der Waals surface area contributed by atoms with Gasteiger partial charge in [-0.25, -0.2) is 0 Å². The zero-order valence-corrected chi connectivity index (χ0v) is 12.6. The largest absolute Gasteiger partial charge is 0.496 e. The Morgan fingerprint density at radius 2 is 2.32 bits per heavy atom. The Morgan fingerprint density at radius 1 is 1.53 bits per heavy atom. The molecule has 1 amide bonds. The lowest BCUT2D eigenvalue weighted by Crippen LogP contribution is -2.47. The Labute approximate surface area is 122 Å². The molecule has 0 bridgehead atoms. The van der Waals surface area contributed by atoms with Gasteiger partial charge in [0.05, 0.1) is 11.6 Å². The van der Waals surface area contributed by atoms with Crippen LogP contribution in [0.2, 0.25) is 0 Å². The van der Waals surface area contributed by atoms with Crippen molar-refractivity contribution in [3.63, 3.8) is 0 Å². The smallest absolute Gasteiger partial charge is 0.254 e. The zero-order valence-electron chi connectivity index (χ0n) is 11.1. The van der Waals surface area contributed by atoms with Crippen molar-refractivity contribution in [1.82, 2.24) is 4.90 Å². The Morgan fingerprint density at radius 3 is 2.95 bits per heavy atom. The average molecular weight is 327 g/mol. The number of halogens is 1. The highest BCUT2D eigenvalue weighted by Crippen LogP contribution is 2.27. The molecule has 1 heterocycles. The third kappa shape index (κ3) is 3.09. The van der Waals surface area contributed by atoms with E-state index in [1.165, 1.54) is 0 Å². The molecule has 2 N–H and O–H groups in total. The van der Waals surface area contributed by atoms with E-state index in [-0.39, 0.29) is 11.9 Å². The topological polar surface area (TPSA) is 55.6 Å². The molecule has 2 rings (SSSR count). The molecular weight excluding hydrogens is 308 g/mol. The Hall–Kier alpha value is -1.07. The number of likely N-dealkylation sites (tertiary alicyclic amines) is 1. The maximum Gasteiger partial charge on any atom is 0.254 e. The molecular formula is C14H19BrN2O2. The predicted molar refractivity (Wildman–Crippen MR) is 78.4 cm³/mol. The summed E-state index contributed by atoms with van der Waals surface area (Å²) in [4.78, 5) is 14.4. The van der Waals surface area contributed by atoms with Crippen LogP contribution in [-0.4, -0.2) is 37.0 Å². The summed E-state index contributed by atoms with van der Waals surface area (Å²) in [6.45, 7) is 1.33. The van der Waals surface area contributed by atoms with E-state index in [1.807, 2.05) is 11.0 Å². The van der Waals surface area contributed by atoms with Crippen LogP contribution in [0.4, 0.5) is 0 Å². The van der Waals surface area contributed by atoms with Gasteiger partial charge in [0.2, 0.25) is 0 Å². The summed E-state index contributed by atoms with van der Waals surface area (Å²) >= 11 is 3.41. The lowest BCUT2D eigenvalue weighted by Gasteiger charge is -2.35. The summed E-state index contributed by atoms with van der Waals surface area (Å²) in [7, 11) is 1.61. The number of nitrogens with two attached hydrogens (primary N) is 1. The molecule has 1 aromatic rings. The van der Waals surface area contributed by atoms with Gasteiger partial charge in [0.25, 0.3) is 5.91 Å². The SMILES string of the molecule is COc1ccc(C(=O)N2CCCCC2CN)cc1Br. The molecule has 1 aliphatic heterocycles. The highest BCUT2D eigenvalue weighted by molar-refractivity contribution is 9.10.